The van der Waals surface area contributed by atoms with Crippen LogP contribution in [-0.4, -0.2) is 45.5 Å². The molecule has 0 saturated heterocycles. The van der Waals surface area contributed by atoms with Gasteiger partial charge in [0.25, 0.3) is 0 Å². The molecule has 0 aliphatic heterocycles. The molecule has 3 N–H and O–H groups in total. The Morgan fingerprint density at radius 2 is 1.47 bits per heavy atom. The molecule has 220 valence electrons. The molecule has 0 radical (unpaired) electrons. The average molecular weight is 576 g/mol. The zero-order valence-corrected chi connectivity index (χ0v) is 25.0. The highest BCUT2D eigenvalue weighted by atomic mass is 16.5. The van der Waals surface area contributed by atoms with E-state index in [9.17, 15) is 9.59 Å². The number of fused-ring (bicyclic) bond motifs is 2. The summed E-state index contributed by atoms with van der Waals surface area (Å²) in [6.07, 6.45) is 3.75. The minimum atomic E-state index is -0.854. The fraction of sp³-hybridized carbons (Fsp3) is 0.257. The molecule has 0 bridgehead atoms. The molecule has 0 aliphatic rings. The molecule has 0 aliphatic carbocycles. The number of amides is 2. The van der Waals surface area contributed by atoms with Crippen LogP contribution in [0.5, 0.6) is 0 Å². The van der Waals surface area contributed by atoms with E-state index in [-0.39, 0.29) is 5.91 Å². The Morgan fingerprint density at radius 1 is 0.907 bits per heavy atom. The quantitative estimate of drug-likeness (QED) is 0.214. The van der Waals surface area contributed by atoms with E-state index in [4.69, 9.17) is 10.3 Å². The van der Waals surface area contributed by atoms with Gasteiger partial charge >= 0.3 is 0 Å². The van der Waals surface area contributed by atoms with Gasteiger partial charge in [-0.3, -0.25) is 9.59 Å². The minimum Gasteiger partial charge on any atom is -0.340 e. The Labute approximate surface area is 251 Å². The maximum Gasteiger partial charge on any atom is 0.249 e. The third-order valence-electron chi connectivity index (χ3n) is 7.42. The topological polar surface area (TPSA) is 114 Å². The number of carbonyl (C=O) groups excluding carboxylic acids is 2. The molecule has 8 heteroatoms. The van der Waals surface area contributed by atoms with E-state index < -0.39 is 23.5 Å². The van der Waals surface area contributed by atoms with E-state index in [1.54, 1.807) is 38.8 Å². The van der Waals surface area contributed by atoms with Crippen LogP contribution in [0.4, 0.5) is 0 Å². The lowest BCUT2D eigenvalue weighted by atomic mass is 9.98. The standard InChI is InChI=1S/C35H37N5O3/c1-23-37-33(43-39-23)31(22-25-14-16-27-10-6-8-12-29(27)20-25)40(4)34(42)30(38-32(41)17-18-35(2,3)36)21-24-13-15-26-9-5-7-11-28(26)19-24/h5-20,30-31H,21-22,36H2,1-4H3,(H,38,41)/t30-,31-/m1/s1. The number of hydrogen-bond acceptors (Lipinski definition) is 6. The fourth-order valence-corrected chi connectivity index (χ4v) is 5.14. The highest BCUT2D eigenvalue weighted by molar-refractivity contribution is 5.93. The van der Waals surface area contributed by atoms with Crippen molar-refractivity contribution >= 4 is 33.4 Å². The molecular weight excluding hydrogens is 538 g/mol. The third kappa shape index (κ3) is 7.53. The van der Waals surface area contributed by atoms with Crippen LogP contribution in [-0.2, 0) is 22.4 Å². The molecule has 2 atom stereocenters. The first-order valence-electron chi connectivity index (χ1n) is 14.4. The summed E-state index contributed by atoms with van der Waals surface area (Å²) in [5, 5.41) is 11.3. The van der Waals surface area contributed by atoms with Crippen molar-refractivity contribution in [3.8, 4) is 0 Å². The molecule has 2 amide bonds. The normalized spacial score (nSPS) is 13.3. The van der Waals surface area contributed by atoms with Gasteiger partial charge in [-0.1, -0.05) is 96.2 Å². The Balaban J connectivity index is 1.46. The van der Waals surface area contributed by atoms with E-state index in [1.165, 1.54) is 6.08 Å². The predicted octanol–water partition coefficient (Wildman–Crippen LogP) is 5.45. The van der Waals surface area contributed by atoms with Crippen molar-refractivity contribution in [3.05, 3.63) is 120 Å². The molecule has 1 aromatic heterocycles. The SMILES string of the molecule is Cc1noc([C@@H](Cc2ccc3ccccc3c2)N(C)C(=O)[C@@H](Cc2ccc3ccccc3c2)NC(=O)C=CC(C)(C)N)n1. The number of nitrogens with zero attached hydrogens (tertiary/aromatic N) is 3. The van der Waals surface area contributed by atoms with Gasteiger partial charge in [0.15, 0.2) is 5.82 Å². The lowest BCUT2D eigenvalue weighted by Gasteiger charge is -2.30. The van der Waals surface area contributed by atoms with Gasteiger partial charge < -0.3 is 20.5 Å². The summed E-state index contributed by atoms with van der Waals surface area (Å²) in [5.74, 6) is 0.145. The van der Waals surface area contributed by atoms with Gasteiger partial charge in [0, 0.05) is 31.5 Å². The summed E-state index contributed by atoms with van der Waals surface area (Å²) in [4.78, 5) is 33.4. The Bertz CT molecular complexity index is 1790. The van der Waals surface area contributed by atoms with Gasteiger partial charge in [-0.15, -0.1) is 0 Å². The van der Waals surface area contributed by atoms with Crippen LogP contribution in [0.3, 0.4) is 0 Å². The first-order chi connectivity index (χ1) is 20.6. The number of hydrogen-bond donors (Lipinski definition) is 2. The van der Waals surface area contributed by atoms with E-state index in [0.717, 1.165) is 32.7 Å². The second-order valence-corrected chi connectivity index (χ2v) is 11.6. The van der Waals surface area contributed by atoms with Gasteiger partial charge in [-0.25, -0.2) is 0 Å². The van der Waals surface area contributed by atoms with E-state index in [0.29, 0.717) is 24.6 Å². The molecule has 43 heavy (non-hydrogen) atoms. The molecule has 8 nitrogen and oxygen atoms in total. The number of aryl methyl sites for hydroxylation is 1. The number of aromatic nitrogens is 2. The van der Waals surface area contributed by atoms with Crippen molar-refractivity contribution in [2.24, 2.45) is 5.73 Å². The third-order valence-corrected chi connectivity index (χ3v) is 7.42. The molecule has 1 heterocycles. The van der Waals surface area contributed by atoms with Gasteiger partial charge in [0.2, 0.25) is 17.7 Å². The lowest BCUT2D eigenvalue weighted by Crippen LogP contribution is -2.49. The van der Waals surface area contributed by atoms with Crippen LogP contribution in [0.2, 0.25) is 0 Å². The Morgan fingerprint density at radius 3 is 2.00 bits per heavy atom. The van der Waals surface area contributed by atoms with Crippen molar-refractivity contribution < 1.29 is 14.1 Å². The summed E-state index contributed by atoms with van der Waals surface area (Å²) in [7, 11) is 1.71. The van der Waals surface area contributed by atoms with Crippen molar-refractivity contribution in [3.63, 3.8) is 0 Å². The number of rotatable bonds is 10. The summed E-state index contributed by atoms with van der Waals surface area (Å²) in [5.41, 5.74) is 7.31. The van der Waals surface area contributed by atoms with E-state index in [1.807, 2.05) is 54.6 Å². The molecule has 4 aromatic carbocycles. The van der Waals surface area contributed by atoms with Crippen LogP contribution in [0.1, 0.15) is 42.7 Å². The highest BCUT2D eigenvalue weighted by Crippen LogP contribution is 2.27. The van der Waals surface area contributed by atoms with Crippen LogP contribution in [0, 0.1) is 6.92 Å². The molecule has 0 saturated carbocycles. The van der Waals surface area contributed by atoms with Gasteiger partial charge in [0.1, 0.15) is 12.1 Å². The largest absolute Gasteiger partial charge is 0.340 e. The highest BCUT2D eigenvalue weighted by Gasteiger charge is 2.32. The minimum absolute atomic E-state index is 0.274. The molecular formula is C35H37N5O3. The number of likely N-dealkylation sites (N-methyl/N-ethyl adjacent to an activating group) is 1. The van der Waals surface area contributed by atoms with Gasteiger partial charge in [-0.2, -0.15) is 4.98 Å². The monoisotopic (exact) mass is 575 g/mol. The zero-order valence-electron chi connectivity index (χ0n) is 25.0. The molecule has 0 fully saturated rings. The van der Waals surface area contributed by atoms with Crippen LogP contribution in [0.15, 0.2) is 102 Å². The number of benzene rings is 4. The van der Waals surface area contributed by atoms with Crippen LogP contribution >= 0.6 is 0 Å². The first kappa shape index (κ1) is 29.7. The zero-order chi connectivity index (χ0) is 30.6. The maximum absolute atomic E-state index is 14.2. The second-order valence-electron chi connectivity index (χ2n) is 11.6. The van der Waals surface area contributed by atoms with Crippen LogP contribution in [0.25, 0.3) is 21.5 Å². The molecule has 0 spiro atoms. The van der Waals surface area contributed by atoms with E-state index in [2.05, 4.69) is 45.8 Å². The summed E-state index contributed by atoms with van der Waals surface area (Å²) in [6.45, 7) is 5.34. The van der Waals surface area contributed by atoms with Crippen LogP contribution < -0.4 is 11.1 Å². The summed E-state index contributed by atoms with van der Waals surface area (Å²) >= 11 is 0. The van der Waals surface area contributed by atoms with Crippen molar-refractivity contribution in [1.29, 1.82) is 0 Å². The Kier molecular flexibility index (Phi) is 8.68. The first-order valence-corrected chi connectivity index (χ1v) is 14.4. The Hall–Kier alpha value is -4.82. The molecule has 5 aromatic rings. The fourth-order valence-electron chi connectivity index (χ4n) is 5.14. The predicted molar refractivity (Wildman–Crippen MR) is 169 cm³/mol. The van der Waals surface area contributed by atoms with Crippen molar-refractivity contribution in [1.82, 2.24) is 20.4 Å². The second kappa shape index (κ2) is 12.6. The van der Waals surface area contributed by atoms with Crippen molar-refractivity contribution in [2.45, 2.75) is 51.2 Å². The average Bonchev–Trinajstić information content (AvgIpc) is 3.43. The molecule has 0 unspecified atom stereocenters. The van der Waals surface area contributed by atoms with Gasteiger partial charge in [-0.05, 0) is 53.4 Å². The maximum atomic E-state index is 14.2. The smallest absolute Gasteiger partial charge is 0.249 e. The summed E-state index contributed by atoms with van der Waals surface area (Å²) in [6, 6.07) is 27.1. The number of nitrogens with one attached hydrogen (secondary N) is 1. The number of carbonyl (C=O) groups is 2. The number of nitrogens with two attached hydrogens (primary N) is 1. The van der Waals surface area contributed by atoms with E-state index >= 15 is 0 Å². The molecule has 5 rings (SSSR count). The summed E-state index contributed by atoms with van der Waals surface area (Å²) < 4.78 is 5.59. The lowest BCUT2D eigenvalue weighted by molar-refractivity contribution is -0.137. The van der Waals surface area contributed by atoms with Crippen molar-refractivity contribution in [2.75, 3.05) is 7.05 Å². The van der Waals surface area contributed by atoms with Gasteiger partial charge in [0.05, 0.1) is 0 Å².